The van der Waals surface area contributed by atoms with Gasteiger partial charge in [-0.15, -0.1) is 0 Å². The van der Waals surface area contributed by atoms with E-state index in [-0.39, 0.29) is 24.2 Å². The Hall–Kier alpha value is -3.14. The first-order valence-electron chi connectivity index (χ1n) is 8.82. The molecule has 1 N–H and O–H groups in total. The monoisotopic (exact) mass is 344 g/mol. The molecule has 0 bridgehead atoms. The summed E-state index contributed by atoms with van der Waals surface area (Å²) in [6.45, 7) is 0.909. The van der Waals surface area contributed by atoms with Gasteiger partial charge in [0.25, 0.3) is 0 Å². The van der Waals surface area contributed by atoms with Crippen LogP contribution in [0, 0.1) is 5.92 Å². The number of carbonyl (C=O) groups is 2. The number of hydrogen-bond acceptors (Lipinski definition) is 2. The van der Waals surface area contributed by atoms with E-state index in [0.717, 1.165) is 22.0 Å². The summed E-state index contributed by atoms with van der Waals surface area (Å²) in [7, 11) is 0. The summed E-state index contributed by atoms with van der Waals surface area (Å²) in [6, 6.07) is 23.7. The van der Waals surface area contributed by atoms with Crippen LogP contribution in [0.4, 0.5) is 5.69 Å². The largest absolute Gasteiger partial charge is 0.352 e. The fraction of sp³-hybridized carbons (Fsp3) is 0.182. The standard InChI is InChI=1S/C22H20N2O2/c25-21-13-18(22(26)23-14-16-7-2-1-3-8-16)15-24(21)20-12-6-10-17-9-4-5-11-19(17)20/h1-12,18H,13-15H2,(H,23,26). The highest BCUT2D eigenvalue weighted by Gasteiger charge is 2.35. The van der Waals surface area contributed by atoms with Crippen LogP contribution in [-0.2, 0) is 16.1 Å². The van der Waals surface area contributed by atoms with Crippen molar-refractivity contribution in [3.05, 3.63) is 78.4 Å². The van der Waals surface area contributed by atoms with E-state index >= 15 is 0 Å². The molecule has 4 rings (SSSR count). The summed E-state index contributed by atoms with van der Waals surface area (Å²) >= 11 is 0. The van der Waals surface area contributed by atoms with Gasteiger partial charge in [0.05, 0.1) is 11.6 Å². The second-order valence-corrected chi connectivity index (χ2v) is 6.61. The second kappa shape index (κ2) is 7.00. The number of rotatable bonds is 4. The molecule has 1 aliphatic rings. The van der Waals surface area contributed by atoms with E-state index in [2.05, 4.69) is 5.32 Å². The first-order valence-corrected chi connectivity index (χ1v) is 8.82. The van der Waals surface area contributed by atoms with Crippen molar-refractivity contribution in [2.45, 2.75) is 13.0 Å². The van der Waals surface area contributed by atoms with Crippen molar-refractivity contribution in [3.8, 4) is 0 Å². The molecule has 1 aliphatic heterocycles. The van der Waals surface area contributed by atoms with Gasteiger partial charge in [0.15, 0.2) is 0 Å². The molecule has 0 saturated carbocycles. The molecule has 0 spiro atoms. The molecule has 3 aromatic rings. The highest BCUT2D eigenvalue weighted by Crippen LogP contribution is 2.31. The van der Waals surface area contributed by atoms with E-state index in [4.69, 9.17) is 0 Å². The molecule has 0 radical (unpaired) electrons. The van der Waals surface area contributed by atoms with Gasteiger partial charge < -0.3 is 10.2 Å². The van der Waals surface area contributed by atoms with Crippen molar-refractivity contribution in [1.82, 2.24) is 5.32 Å². The Morgan fingerprint density at radius 2 is 1.69 bits per heavy atom. The summed E-state index contributed by atoms with van der Waals surface area (Å²) in [5, 5.41) is 5.08. The summed E-state index contributed by atoms with van der Waals surface area (Å²) in [5.74, 6) is -0.378. The molecule has 1 saturated heterocycles. The Morgan fingerprint density at radius 1 is 0.962 bits per heavy atom. The van der Waals surface area contributed by atoms with Crippen LogP contribution < -0.4 is 10.2 Å². The first kappa shape index (κ1) is 16.3. The van der Waals surface area contributed by atoms with E-state index < -0.39 is 0 Å². The number of carbonyl (C=O) groups excluding carboxylic acids is 2. The molecule has 1 heterocycles. The van der Waals surface area contributed by atoms with Crippen molar-refractivity contribution < 1.29 is 9.59 Å². The minimum absolute atomic E-state index is 0.00112. The molecule has 4 nitrogen and oxygen atoms in total. The number of nitrogens with one attached hydrogen (secondary N) is 1. The average Bonchev–Trinajstić information content (AvgIpc) is 3.08. The molecule has 0 aliphatic carbocycles. The van der Waals surface area contributed by atoms with Crippen LogP contribution >= 0.6 is 0 Å². The molecule has 26 heavy (non-hydrogen) atoms. The normalized spacial score (nSPS) is 16.8. The Labute approximate surface area is 152 Å². The van der Waals surface area contributed by atoms with E-state index in [1.54, 1.807) is 4.90 Å². The van der Waals surface area contributed by atoms with Gasteiger partial charge in [-0.2, -0.15) is 0 Å². The number of nitrogens with zero attached hydrogens (tertiary/aromatic N) is 1. The van der Waals surface area contributed by atoms with E-state index in [9.17, 15) is 9.59 Å². The van der Waals surface area contributed by atoms with Gasteiger partial charge >= 0.3 is 0 Å². The molecule has 2 amide bonds. The van der Waals surface area contributed by atoms with Crippen molar-refractivity contribution in [1.29, 1.82) is 0 Å². The smallest absolute Gasteiger partial charge is 0.227 e. The van der Waals surface area contributed by atoms with Crippen molar-refractivity contribution >= 4 is 28.3 Å². The summed E-state index contributed by atoms with van der Waals surface area (Å²) in [5.41, 5.74) is 1.93. The van der Waals surface area contributed by atoms with Gasteiger partial charge in [0.2, 0.25) is 11.8 Å². The van der Waals surface area contributed by atoms with Crippen LogP contribution in [0.5, 0.6) is 0 Å². The van der Waals surface area contributed by atoms with Gasteiger partial charge in [-0.1, -0.05) is 66.7 Å². The summed E-state index contributed by atoms with van der Waals surface area (Å²) in [6.07, 6.45) is 0.254. The maximum absolute atomic E-state index is 12.6. The van der Waals surface area contributed by atoms with Crippen LogP contribution in [0.2, 0.25) is 0 Å². The lowest BCUT2D eigenvalue weighted by Gasteiger charge is -2.19. The van der Waals surface area contributed by atoms with Gasteiger partial charge in [-0.3, -0.25) is 9.59 Å². The summed E-state index contributed by atoms with van der Waals surface area (Å²) in [4.78, 5) is 26.8. The van der Waals surface area contributed by atoms with Crippen molar-refractivity contribution in [3.63, 3.8) is 0 Å². The molecule has 1 fully saturated rings. The lowest BCUT2D eigenvalue weighted by molar-refractivity contribution is -0.126. The maximum Gasteiger partial charge on any atom is 0.227 e. The third-order valence-electron chi connectivity index (χ3n) is 4.86. The van der Waals surface area contributed by atoms with Gasteiger partial charge in [0.1, 0.15) is 0 Å². The molecule has 130 valence electrons. The highest BCUT2D eigenvalue weighted by molar-refractivity contribution is 6.06. The Bertz CT molecular complexity index is 947. The van der Waals surface area contributed by atoms with Gasteiger partial charge in [0, 0.05) is 24.9 Å². The molecule has 3 aromatic carbocycles. The van der Waals surface area contributed by atoms with Crippen LogP contribution in [0.15, 0.2) is 72.8 Å². The van der Waals surface area contributed by atoms with Crippen LogP contribution in [0.3, 0.4) is 0 Å². The Morgan fingerprint density at radius 3 is 2.54 bits per heavy atom. The number of hydrogen-bond donors (Lipinski definition) is 1. The lowest BCUT2D eigenvalue weighted by Crippen LogP contribution is -2.32. The predicted octanol–water partition coefficient (Wildman–Crippen LogP) is 3.51. The minimum atomic E-state index is -0.315. The first-order chi connectivity index (χ1) is 12.7. The molecule has 1 atom stereocenters. The second-order valence-electron chi connectivity index (χ2n) is 6.61. The third kappa shape index (κ3) is 3.18. The van der Waals surface area contributed by atoms with Gasteiger partial charge in [-0.25, -0.2) is 0 Å². The molecule has 1 unspecified atom stereocenters. The highest BCUT2D eigenvalue weighted by atomic mass is 16.2. The quantitative estimate of drug-likeness (QED) is 0.787. The number of fused-ring (bicyclic) bond motifs is 1. The molecular formula is C22H20N2O2. The average molecular weight is 344 g/mol. The predicted molar refractivity (Wildman–Crippen MR) is 103 cm³/mol. The number of benzene rings is 3. The van der Waals surface area contributed by atoms with Crippen molar-refractivity contribution in [2.24, 2.45) is 5.92 Å². The zero-order valence-electron chi connectivity index (χ0n) is 14.4. The summed E-state index contributed by atoms with van der Waals surface area (Å²) < 4.78 is 0. The molecule has 0 aromatic heterocycles. The van der Waals surface area contributed by atoms with Crippen LogP contribution in [0.1, 0.15) is 12.0 Å². The van der Waals surface area contributed by atoms with Gasteiger partial charge in [-0.05, 0) is 17.0 Å². The Kier molecular flexibility index (Phi) is 4.40. The zero-order chi connectivity index (χ0) is 17.9. The SMILES string of the molecule is O=C(NCc1ccccc1)C1CC(=O)N(c2cccc3ccccc23)C1. The van der Waals surface area contributed by atoms with E-state index in [1.165, 1.54) is 0 Å². The maximum atomic E-state index is 12.6. The lowest BCUT2D eigenvalue weighted by atomic mass is 10.1. The molecular weight excluding hydrogens is 324 g/mol. The Balaban J connectivity index is 1.49. The van der Waals surface area contributed by atoms with E-state index in [0.29, 0.717) is 13.1 Å². The third-order valence-corrected chi connectivity index (χ3v) is 4.86. The van der Waals surface area contributed by atoms with Crippen LogP contribution in [0.25, 0.3) is 10.8 Å². The van der Waals surface area contributed by atoms with Crippen molar-refractivity contribution in [2.75, 3.05) is 11.4 Å². The van der Waals surface area contributed by atoms with Crippen LogP contribution in [-0.4, -0.2) is 18.4 Å². The number of anilines is 1. The fourth-order valence-electron chi connectivity index (χ4n) is 3.49. The zero-order valence-corrected chi connectivity index (χ0v) is 14.4. The fourth-order valence-corrected chi connectivity index (χ4v) is 3.49. The molecule has 4 heteroatoms. The minimum Gasteiger partial charge on any atom is -0.352 e. The number of amides is 2. The van der Waals surface area contributed by atoms with E-state index in [1.807, 2.05) is 72.8 Å². The topological polar surface area (TPSA) is 49.4 Å².